The molecular weight excluding hydrogens is 514 g/mol. The molecule has 1 atom stereocenters. The molecule has 40 heavy (non-hydrogen) atoms. The van der Waals surface area contributed by atoms with Crippen molar-refractivity contribution >= 4 is 17.7 Å². The number of aromatic nitrogens is 2. The van der Waals surface area contributed by atoms with Gasteiger partial charge in [-0.15, -0.1) is 0 Å². The number of fused-ring (bicyclic) bond motifs is 2. The molecule has 3 aromatic rings. The van der Waals surface area contributed by atoms with Gasteiger partial charge in [0.15, 0.2) is 5.82 Å². The first-order valence-corrected chi connectivity index (χ1v) is 13.1. The van der Waals surface area contributed by atoms with E-state index < -0.39 is 29.0 Å². The van der Waals surface area contributed by atoms with Gasteiger partial charge in [-0.05, 0) is 85.2 Å². The van der Waals surface area contributed by atoms with Crippen LogP contribution in [0.3, 0.4) is 0 Å². The van der Waals surface area contributed by atoms with Crippen molar-refractivity contribution in [3.05, 3.63) is 86.2 Å². The fourth-order valence-electron chi connectivity index (χ4n) is 5.98. The van der Waals surface area contributed by atoms with Gasteiger partial charge in [0.1, 0.15) is 6.04 Å². The van der Waals surface area contributed by atoms with Crippen LogP contribution < -0.4 is 22.5 Å². The fourth-order valence-corrected chi connectivity index (χ4v) is 5.98. The quantitative estimate of drug-likeness (QED) is 0.294. The number of hydrogen-bond acceptors (Lipinski definition) is 8. The van der Waals surface area contributed by atoms with Gasteiger partial charge in [0, 0.05) is 17.7 Å². The van der Waals surface area contributed by atoms with Crippen molar-refractivity contribution in [2.45, 2.75) is 43.6 Å². The molecule has 0 saturated carbocycles. The average Bonchev–Trinajstić information content (AvgIpc) is 3.58. The van der Waals surface area contributed by atoms with E-state index in [0.717, 1.165) is 28.7 Å². The van der Waals surface area contributed by atoms with Crippen molar-refractivity contribution in [2.24, 2.45) is 11.5 Å². The molecule has 12 nitrogen and oxygen atoms in total. The summed E-state index contributed by atoms with van der Waals surface area (Å²) in [5.41, 5.74) is 14.0. The average molecular weight is 544 g/mol. The highest BCUT2D eigenvalue weighted by Crippen LogP contribution is 2.46. The highest BCUT2D eigenvalue weighted by molar-refractivity contribution is 5.94. The first-order valence-electron chi connectivity index (χ1n) is 13.1. The van der Waals surface area contributed by atoms with Gasteiger partial charge < -0.3 is 21.7 Å². The van der Waals surface area contributed by atoms with Gasteiger partial charge >= 0.3 is 5.76 Å². The van der Waals surface area contributed by atoms with Crippen LogP contribution in [-0.2, 0) is 23.1 Å². The van der Waals surface area contributed by atoms with Crippen molar-refractivity contribution < 1.29 is 18.9 Å². The molecule has 0 spiro atoms. The van der Waals surface area contributed by atoms with Crippen LogP contribution in [0.1, 0.15) is 68.1 Å². The standard InChI is InChI=1S/C28H29N7O5/c29-14-20-2-1-11-35(20)23(36)15-32-10-9-28(26-33-27(39)40-34-26)21-7-5-18(24(30)37)12-16(21)3-4-17-13-19(25(31)38)6-8-22(17)28/h5-8,12-13,20,32H,1-4,9-11,15H2,(H2,30,37)(H2,31,38)(H,33,34,39)/t20-/m0/s1. The van der Waals surface area contributed by atoms with Crippen LogP contribution in [-0.4, -0.2) is 58.4 Å². The number of nitrogens with one attached hydrogen (secondary N) is 2. The van der Waals surface area contributed by atoms with Crippen LogP contribution in [0.5, 0.6) is 0 Å². The van der Waals surface area contributed by atoms with Crippen molar-refractivity contribution in [1.29, 1.82) is 5.26 Å². The molecule has 12 heteroatoms. The third-order valence-corrected chi connectivity index (χ3v) is 7.88. The monoisotopic (exact) mass is 543 g/mol. The molecule has 1 fully saturated rings. The van der Waals surface area contributed by atoms with E-state index >= 15 is 0 Å². The number of nitriles is 1. The molecule has 5 rings (SSSR count). The summed E-state index contributed by atoms with van der Waals surface area (Å²) in [4.78, 5) is 53.3. The number of primary amides is 2. The van der Waals surface area contributed by atoms with Crippen LogP contribution in [0.4, 0.5) is 0 Å². The van der Waals surface area contributed by atoms with Crippen LogP contribution >= 0.6 is 0 Å². The third kappa shape index (κ3) is 4.76. The second kappa shape index (κ2) is 10.8. The lowest BCUT2D eigenvalue weighted by Crippen LogP contribution is -2.42. The van der Waals surface area contributed by atoms with Gasteiger partial charge in [0.25, 0.3) is 0 Å². The molecule has 1 aliphatic carbocycles. The number of carbonyl (C=O) groups is 3. The second-order valence-corrected chi connectivity index (χ2v) is 10.1. The highest BCUT2D eigenvalue weighted by Gasteiger charge is 2.44. The summed E-state index contributed by atoms with van der Waals surface area (Å²) in [5, 5.41) is 16.6. The summed E-state index contributed by atoms with van der Waals surface area (Å²) in [7, 11) is 0. The Kier molecular flexibility index (Phi) is 7.23. The smallest absolute Gasteiger partial charge is 0.366 e. The van der Waals surface area contributed by atoms with E-state index in [2.05, 4.69) is 21.5 Å². The molecule has 0 radical (unpaired) electrons. The van der Waals surface area contributed by atoms with Crippen molar-refractivity contribution in [3.63, 3.8) is 0 Å². The van der Waals surface area contributed by atoms with E-state index in [-0.39, 0.29) is 18.3 Å². The number of amides is 3. The molecule has 1 aliphatic heterocycles. The number of nitrogens with two attached hydrogens (primary N) is 2. The first kappa shape index (κ1) is 26.8. The van der Waals surface area contributed by atoms with E-state index in [1.807, 2.05) is 0 Å². The molecule has 1 aromatic heterocycles. The van der Waals surface area contributed by atoms with E-state index in [1.165, 1.54) is 0 Å². The molecule has 2 aliphatic rings. The summed E-state index contributed by atoms with van der Waals surface area (Å²) < 4.78 is 4.95. The summed E-state index contributed by atoms with van der Waals surface area (Å²) >= 11 is 0. The lowest BCUT2D eigenvalue weighted by molar-refractivity contribution is -0.130. The Labute approximate surface area is 229 Å². The Morgan fingerprint density at radius 3 is 2.25 bits per heavy atom. The van der Waals surface area contributed by atoms with Gasteiger partial charge in [-0.1, -0.05) is 17.3 Å². The fraction of sp³-hybridized carbons (Fsp3) is 0.357. The molecule has 3 amide bonds. The molecule has 2 heterocycles. The number of H-pyrrole nitrogens is 1. The molecule has 1 saturated heterocycles. The summed E-state index contributed by atoms with van der Waals surface area (Å²) in [6, 6.07) is 12.1. The van der Waals surface area contributed by atoms with Gasteiger partial charge in [-0.2, -0.15) is 5.26 Å². The van der Waals surface area contributed by atoms with Crippen molar-refractivity contribution in [3.8, 4) is 6.07 Å². The summed E-state index contributed by atoms with van der Waals surface area (Å²) in [6.07, 6.45) is 2.83. The number of aromatic amines is 1. The molecule has 206 valence electrons. The molecule has 6 N–H and O–H groups in total. The highest BCUT2D eigenvalue weighted by atomic mass is 16.5. The van der Waals surface area contributed by atoms with Gasteiger partial charge in [0.05, 0.1) is 18.0 Å². The first-order chi connectivity index (χ1) is 19.2. The maximum atomic E-state index is 12.8. The Morgan fingerprint density at radius 2 is 1.73 bits per heavy atom. The zero-order valence-corrected chi connectivity index (χ0v) is 21.7. The van der Waals surface area contributed by atoms with Gasteiger partial charge in [-0.3, -0.25) is 23.9 Å². The van der Waals surface area contributed by atoms with Gasteiger partial charge in [0.2, 0.25) is 17.7 Å². The maximum Gasteiger partial charge on any atom is 0.438 e. The predicted octanol–water partition coefficient (Wildman–Crippen LogP) is 0.488. The number of likely N-dealkylation sites (tertiary alicyclic amines) is 1. The molecule has 2 aromatic carbocycles. The predicted molar refractivity (Wildman–Crippen MR) is 142 cm³/mol. The number of rotatable bonds is 8. The van der Waals surface area contributed by atoms with Crippen LogP contribution in [0.2, 0.25) is 0 Å². The van der Waals surface area contributed by atoms with E-state index in [1.54, 1.807) is 41.3 Å². The van der Waals surface area contributed by atoms with Gasteiger partial charge in [-0.25, -0.2) is 4.79 Å². The number of aryl methyl sites for hydroxylation is 2. The Bertz CT molecular complexity index is 1520. The van der Waals surface area contributed by atoms with Crippen LogP contribution in [0, 0.1) is 11.3 Å². The Morgan fingerprint density at radius 1 is 1.10 bits per heavy atom. The number of benzene rings is 2. The van der Waals surface area contributed by atoms with Crippen molar-refractivity contribution in [2.75, 3.05) is 19.6 Å². The zero-order valence-electron chi connectivity index (χ0n) is 21.7. The molecular formula is C28H29N7O5. The normalized spacial score (nSPS) is 17.4. The third-order valence-electron chi connectivity index (χ3n) is 7.88. The van der Waals surface area contributed by atoms with Crippen molar-refractivity contribution in [1.82, 2.24) is 20.4 Å². The number of carbonyl (C=O) groups excluding carboxylic acids is 3. The summed E-state index contributed by atoms with van der Waals surface area (Å²) in [5.74, 6) is -1.79. The number of nitrogens with zero attached hydrogens (tertiary/aromatic N) is 3. The minimum absolute atomic E-state index is 0.0323. The van der Waals surface area contributed by atoms with E-state index in [0.29, 0.717) is 49.9 Å². The number of hydrogen-bond donors (Lipinski definition) is 4. The van der Waals surface area contributed by atoms with E-state index in [4.69, 9.17) is 16.0 Å². The van der Waals surface area contributed by atoms with E-state index in [9.17, 15) is 24.4 Å². The zero-order chi connectivity index (χ0) is 28.4. The Balaban J connectivity index is 1.58. The lowest BCUT2D eigenvalue weighted by atomic mass is 9.69. The van der Waals surface area contributed by atoms with Crippen LogP contribution in [0.15, 0.2) is 45.7 Å². The topological polar surface area (TPSA) is 201 Å². The summed E-state index contributed by atoms with van der Waals surface area (Å²) in [6.45, 7) is 0.901. The minimum atomic E-state index is -1.07. The minimum Gasteiger partial charge on any atom is -0.366 e. The molecule has 0 unspecified atom stereocenters. The molecule has 0 bridgehead atoms. The largest absolute Gasteiger partial charge is 0.438 e. The lowest BCUT2D eigenvalue weighted by Gasteiger charge is -2.34. The SMILES string of the molecule is N#C[C@@H]1CCCN1C(=O)CNCCC1(c2noc(=O)[nH]2)c2ccc(C(N)=O)cc2CCc2cc(C(N)=O)ccc21. The second-order valence-electron chi connectivity index (χ2n) is 10.1. The Hall–Kier alpha value is -4.76. The maximum absolute atomic E-state index is 12.8. The van der Waals surface area contributed by atoms with Crippen LogP contribution in [0.25, 0.3) is 0 Å².